The van der Waals surface area contributed by atoms with Crippen LogP contribution < -0.4 is 5.32 Å². The van der Waals surface area contributed by atoms with Crippen molar-refractivity contribution in [3.05, 3.63) is 64.7 Å². The lowest BCUT2D eigenvalue weighted by Crippen LogP contribution is -2.38. The lowest BCUT2D eigenvalue weighted by atomic mass is 10.1. The highest BCUT2D eigenvalue weighted by Gasteiger charge is 2.10. The number of rotatable bonds is 5. The van der Waals surface area contributed by atoms with Gasteiger partial charge in [-0.1, -0.05) is 24.3 Å². The zero-order valence-electron chi connectivity index (χ0n) is 15.4. The first-order valence-corrected chi connectivity index (χ1v) is 9.50. The summed E-state index contributed by atoms with van der Waals surface area (Å²) < 4.78 is 3.21. The van der Waals surface area contributed by atoms with E-state index in [4.69, 9.17) is 4.99 Å². The van der Waals surface area contributed by atoms with Gasteiger partial charge in [0.2, 0.25) is 0 Å². The number of halogens is 1. The molecule has 5 nitrogen and oxygen atoms in total. The molecule has 2 aromatic heterocycles. The minimum absolute atomic E-state index is 0.546. The Hall–Kier alpha value is -2.34. The Bertz CT molecular complexity index is 910. The highest BCUT2D eigenvalue weighted by atomic mass is 79.9. The lowest BCUT2D eigenvalue weighted by molar-refractivity contribution is 0.462. The van der Waals surface area contributed by atoms with E-state index in [1.807, 2.05) is 24.4 Å². The summed E-state index contributed by atoms with van der Waals surface area (Å²) in [5.41, 5.74) is 2.21. The van der Waals surface area contributed by atoms with Gasteiger partial charge in [-0.15, -0.1) is 0 Å². The average Bonchev–Trinajstić information content (AvgIpc) is 2.95. The highest BCUT2D eigenvalue weighted by Crippen LogP contribution is 2.17. The van der Waals surface area contributed by atoms with Crippen molar-refractivity contribution in [2.75, 3.05) is 13.6 Å². The van der Waals surface area contributed by atoms with E-state index >= 15 is 0 Å². The van der Waals surface area contributed by atoms with Crippen LogP contribution in [0, 0.1) is 0 Å². The maximum absolute atomic E-state index is 4.81. The summed E-state index contributed by atoms with van der Waals surface area (Å²) in [6, 6.07) is 12.5. The molecule has 0 spiro atoms. The fourth-order valence-electron chi connectivity index (χ4n) is 2.97. The molecule has 0 amide bonds. The van der Waals surface area contributed by atoms with Crippen LogP contribution in [0.5, 0.6) is 0 Å². The number of hydrogen-bond donors (Lipinski definition) is 1. The largest absolute Gasteiger partial charge is 0.357 e. The number of fused-ring (bicyclic) bond motifs is 1. The van der Waals surface area contributed by atoms with Crippen LogP contribution in [0.4, 0.5) is 0 Å². The summed E-state index contributed by atoms with van der Waals surface area (Å²) in [6.07, 6.45) is 3.92. The first kappa shape index (κ1) is 18.5. The van der Waals surface area contributed by atoms with Crippen LogP contribution in [0.15, 0.2) is 58.3 Å². The predicted molar refractivity (Wildman–Crippen MR) is 111 cm³/mol. The molecule has 1 aromatic carbocycles. The molecule has 0 radical (unpaired) electrons. The molecule has 0 bridgehead atoms. The quantitative estimate of drug-likeness (QED) is 0.508. The SMILES string of the molecule is CCNC(=NCc1nccc2ccccc12)N(C)Cc1cc(Br)cn1C. The van der Waals surface area contributed by atoms with Crippen molar-refractivity contribution < 1.29 is 0 Å². The fourth-order valence-corrected chi connectivity index (χ4v) is 3.54. The molecule has 136 valence electrons. The summed E-state index contributed by atoms with van der Waals surface area (Å²) in [6.45, 7) is 4.23. The zero-order chi connectivity index (χ0) is 18.5. The maximum atomic E-state index is 4.81. The van der Waals surface area contributed by atoms with Crippen LogP contribution in [-0.2, 0) is 20.1 Å². The second-order valence-electron chi connectivity index (χ2n) is 6.27. The van der Waals surface area contributed by atoms with Gasteiger partial charge < -0.3 is 14.8 Å². The number of benzene rings is 1. The van der Waals surface area contributed by atoms with E-state index in [1.54, 1.807) is 0 Å². The molecule has 0 saturated carbocycles. The van der Waals surface area contributed by atoms with Gasteiger partial charge in [0.05, 0.1) is 18.8 Å². The van der Waals surface area contributed by atoms with Crippen molar-refractivity contribution in [1.29, 1.82) is 0 Å². The lowest BCUT2D eigenvalue weighted by Gasteiger charge is -2.22. The number of nitrogens with one attached hydrogen (secondary N) is 1. The van der Waals surface area contributed by atoms with Crippen LogP contribution in [0.2, 0.25) is 0 Å². The Morgan fingerprint density at radius 1 is 1.31 bits per heavy atom. The van der Waals surface area contributed by atoms with E-state index in [-0.39, 0.29) is 0 Å². The third-order valence-corrected chi connectivity index (χ3v) is 4.74. The van der Waals surface area contributed by atoms with Crippen molar-refractivity contribution >= 4 is 32.7 Å². The van der Waals surface area contributed by atoms with E-state index in [2.05, 4.69) is 81.1 Å². The van der Waals surface area contributed by atoms with Gasteiger partial charge in [0.15, 0.2) is 5.96 Å². The van der Waals surface area contributed by atoms with E-state index in [1.165, 1.54) is 11.1 Å². The Morgan fingerprint density at radius 3 is 2.85 bits per heavy atom. The van der Waals surface area contributed by atoms with Crippen molar-refractivity contribution in [3.8, 4) is 0 Å². The molecule has 1 N–H and O–H groups in total. The summed E-state index contributed by atoms with van der Waals surface area (Å²) in [5.74, 6) is 0.875. The van der Waals surface area contributed by atoms with Gasteiger partial charge in [0, 0.05) is 48.6 Å². The van der Waals surface area contributed by atoms with Gasteiger partial charge in [-0.3, -0.25) is 4.98 Å². The van der Waals surface area contributed by atoms with Gasteiger partial charge in [-0.05, 0) is 40.4 Å². The van der Waals surface area contributed by atoms with Gasteiger partial charge in [-0.2, -0.15) is 0 Å². The van der Waals surface area contributed by atoms with Gasteiger partial charge in [0.1, 0.15) is 0 Å². The first-order chi connectivity index (χ1) is 12.6. The van der Waals surface area contributed by atoms with Crippen LogP contribution in [0.25, 0.3) is 10.8 Å². The molecule has 0 aliphatic rings. The van der Waals surface area contributed by atoms with E-state index in [9.17, 15) is 0 Å². The van der Waals surface area contributed by atoms with E-state index in [0.29, 0.717) is 6.54 Å². The Kier molecular flexibility index (Phi) is 5.93. The molecular weight excluding hydrogens is 390 g/mol. The number of guanidine groups is 1. The first-order valence-electron chi connectivity index (χ1n) is 8.71. The van der Waals surface area contributed by atoms with Crippen molar-refractivity contribution in [2.24, 2.45) is 12.0 Å². The number of aromatic nitrogens is 2. The summed E-state index contributed by atoms with van der Waals surface area (Å²) in [5, 5.41) is 5.72. The van der Waals surface area contributed by atoms with Gasteiger partial charge in [-0.25, -0.2) is 4.99 Å². The minimum atomic E-state index is 0.546. The molecule has 6 heteroatoms. The second kappa shape index (κ2) is 8.36. The Balaban J connectivity index is 1.81. The molecule has 2 heterocycles. The normalized spacial score (nSPS) is 11.8. The highest BCUT2D eigenvalue weighted by molar-refractivity contribution is 9.10. The molecule has 0 aliphatic heterocycles. The minimum Gasteiger partial charge on any atom is -0.357 e. The van der Waals surface area contributed by atoms with Crippen molar-refractivity contribution in [3.63, 3.8) is 0 Å². The molecule has 3 aromatic rings. The molecule has 0 atom stereocenters. The van der Waals surface area contributed by atoms with Gasteiger partial charge >= 0.3 is 0 Å². The van der Waals surface area contributed by atoms with Crippen LogP contribution in [0.1, 0.15) is 18.3 Å². The van der Waals surface area contributed by atoms with Crippen LogP contribution >= 0.6 is 15.9 Å². The smallest absolute Gasteiger partial charge is 0.194 e. The van der Waals surface area contributed by atoms with E-state index < -0.39 is 0 Å². The number of aliphatic imine (C=N–C) groups is 1. The summed E-state index contributed by atoms with van der Waals surface area (Å²) in [7, 11) is 4.11. The topological polar surface area (TPSA) is 45.5 Å². The van der Waals surface area contributed by atoms with Crippen molar-refractivity contribution in [2.45, 2.75) is 20.0 Å². The molecule has 0 saturated heterocycles. The van der Waals surface area contributed by atoms with Crippen molar-refractivity contribution in [1.82, 2.24) is 19.8 Å². The average molecular weight is 414 g/mol. The zero-order valence-corrected chi connectivity index (χ0v) is 17.0. The van der Waals surface area contributed by atoms with Crippen LogP contribution in [0.3, 0.4) is 0 Å². The number of aryl methyl sites for hydroxylation is 1. The molecule has 0 fully saturated rings. The van der Waals surface area contributed by atoms with Crippen LogP contribution in [-0.4, -0.2) is 34.0 Å². The molecule has 0 unspecified atom stereocenters. The third kappa shape index (κ3) is 4.25. The fraction of sp³-hybridized carbons (Fsp3) is 0.300. The molecule has 0 aliphatic carbocycles. The summed E-state index contributed by atoms with van der Waals surface area (Å²) >= 11 is 3.53. The Labute approximate surface area is 162 Å². The number of pyridine rings is 1. The molecular formula is C20H24BrN5. The van der Waals surface area contributed by atoms with E-state index in [0.717, 1.165) is 34.6 Å². The second-order valence-corrected chi connectivity index (χ2v) is 7.18. The number of nitrogens with zero attached hydrogens (tertiary/aromatic N) is 4. The van der Waals surface area contributed by atoms with Gasteiger partial charge in [0.25, 0.3) is 0 Å². The maximum Gasteiger partial charge on any atom is 0.194 e. The monoisotopic (exact) mass is 413 g/mol. The Morgan fingerprint density at radius 2 is 2.12 bits per heavy atom. The standard InChI is InChI=1S/C20H24BrN5/c1-4-22-20(26(3)14-17-11-16(21)13-25(17)2)24-12-19-18-8-6-5-7-15(18)9-10-23-19/h5-11,13H,4,12,14H2,1-3H3,(H,22,24). The predicted octanol–water partition coefficient (Wildman–Crippen LogP) is 3.93. The summed E-state index contributed by atoms with van der Waals surface area (Å²) in [4.78, 5) is 11.5. The third-order valence-electron chi connectivity index (χ3n) is 4.30. The molecule has 26 heavy (non-hydrogen) atoms. The number of hydrogen-bond acceptors (Lipinski definition) is 2. The molecule has 3 rings (SSSR count).